The van der Waals surface area contributed by atoms with E-state index in [1.54, 1.807) is 25.1 Å². The molecule has 0 aliphatic carbocycles. The maximum Gasteiger partial charge on any atom is 0.337 e. The minimum Gasteiger partial charge on any atom is -0.490 e. The zero-order valence-corrected chi connectivity index (χ0v) is 20.3. The molecule has 0 spiro atoms. The van der Waals surface area contributed by atoms with Crippen LogP contribution in [0.5, 0.6) is 11.5 Å². The molecule has 0 unspecified atom stereocenters. The Morgan fingerprint density at radius 2 is 1.74 bits per heavy atom. The molecule has 1 heterocycles. The number of carboxylic acid groups (broad SMARTS) is 1. The topological polar surface area (TPSA) is 72.7 Å². The number of aromatic nitrogens is 1. The third-order valence-electron chi connectivity index (χ3n) is 5.91. The first-order chi connectivity index (χ1) is 16.4. The Morgan fingerprint density at radius 1 is 1.03 bits per heavy atom. The van der Waals surface area contributed by atoms with Gasteiger partial charge >= 0.3 is 5.97 Å². The highest BCUT2D eigenvalue weighted by molar-refractivity contribution is 5.91. The van der Waals surface area contributed by atoms with E-state index in [4.69, 9.17) is 9.47 Å². The summed E-state index contributed by atoms with van der Waals surface area (Å²) in [6.45, 7) is 10.0. The number of hydrogen-bond donors (Lipinski definition) is 2. The third-order valence-corrected chi connectivity index (χ3v) is 5.91. The van der Waals surface area contributed by atoms with Gasteiger partial charge in [0.2, 0.25) is 0 Å². The first-order valence-corrected chi connectivity index (χ1v) is 11.6. The summed E-state index contributed by atoms with van der Waals surface area (Å²) in [4.78, 5) is 12.0. The molecule has 0 saturated heterocycles. The van der Waals surface area contributed by atoms with Gasteiger partial charge in [0.1, 0.15) is 5.82 Å². The normalized spacial score (nSPS) is 11.0. The molecule has 0 fully saturated rings. The van der Waals surface area contributed by atoms with Gasteiger partial charge in [0.05, 0.1) is 25.3 Å². The summed E-state index contributed by atoms with van der Waals surface area (Å²) in [5.74, 6) is 0.187. The van der Waals surface area contributed by atoms with Gasteiger partial charge < -0.3 is 24.5 Å². The maximum atomic E-state index is 14.2. The van der Waals surface area contributed by atoms with Crippen molar-refractivity contribution in [3.63, 3.8) is 0 Å². The van der Waals surface area contributed by atoms with Crippen molar-refractivity contribution in [2.75, 3.05) is 19.8 Å². The van der Waals surface area contributed by atoms with E-state index in [1.165, 1.54) is 6.07 Å². The summed E-state index contributed by atoms with van der Waals surface area (Å²) in [5, 5.41) is 13.2. The van der Waals surface area contributed by atoms with Crippen molar-refractivity contribution in [3.05, 3.63) is 81.9 Å². The predicted octanol–water partition coefficient (Wildman–Crippen LogP) is 5.12. The molecule has 182 valence electrons. The molecule has 0 amide bonds. The Kier molecular flexibility index (Phi) is 8.71. The molecule has 3 aromatic rings. The number of benzene rings is 2. The van der Waals surface area contributed by atoms with Gasteiger partial charge in [0, 0.05) is 29.1 Å². The summed E-state index contributed by atoms with van der Waals surface area (Å²) < 4.78 is 27.4. The highest BCUT2D eigenvalue weighted by Crippen LogP contribution is 2.29. The van der Waals surface area contributed by atoms with Gasteiger partial charge in [0.25, 0.3) is 0 Å². The van der Waals surface area contributed by atoms with Gasteiger partial charge in [-0.05, 0) is 64.4 Å². The number of nitrogens with one attached hydrogen (secondary N) is 1. The average molecular weight is 469 g/mol. The van der Waals surface area contributed by atoms with Crippen LogP contribution in [-0.4, -0.2) is 35.4 Å². The number of carbonyl (C=O) groups is 1. The van der Waals surface area contributed by atoms with Crippen molar-refractivity contribution in [3.8, 4) is 11.5 Å². The SMILES string of the molecule is CCOc1ccc(CCNCc2c(C(=O)O)c(C)n(Cc3ccccc3F)c2C)cc1OCC. The van der Waals surface area contributed by atoms with Crippen LogP contribution in [0.15, 0.2) is 42.5 Å². The van der Waals surface area contributed by atoms with Crippen LogP contribution in [0, 0.1) is 19.7 Å². The smallest absolute Gasteiger partial charge is 0.337 e. The van der Waals surface area contributed by atoms with E-state index in [1.807, 2.05) is 43.5 Å². The molecule has 0 bridgehead atoms. The zero-order valence-electron chi connectivity index (χ0n) is 20.3. The molecular weight excluding hydrogens is 435 g/mol. The first-order valence-electron chi connectivity index (χ1n) is 11.6. The molecule has 34 heavy (non-hydrogen) atoms. The van der Waals surface area contributed by atoms with Crippen molar-refractivity contribution in [2.45, 2.75) is 47.2 Å². The van der Waals surface area contributed by atoms with Gasteiger partial charge in [-0.25, -0.2) is 9.18 Å². The molecule has 2 aromatic carbocycles. The second kappa shape index (κ2) is 11.7. The van der Waals surface area contributed by atoms with Crippen LogP contribution in [0.2, 0.25) is 0 Å². The van der Waals surface area contributed by atoms with Crippen LogP contribution in [0.1, 0.15) is 52.3 Å². The summed E-state index contributed by atoms with van der Waals surface area (Å²) in [6, 6.07) is 12.5. The van der Waals surface area contributed by atoms with Gasteiger partial charge in [-0.3, -0.25) is 0 Å². The number of ether oxygens (including phenoxy) is 2. The van der Waals surface area contributed by atoms with Gasteiger partial charge in [0.15, 0.2) is 11.5 Å². The van der Waals surface area contributed by atoms with Crippen molar-refractivity contribution in [2.24, 2.45) is 0 Å². The van der Waals surface area contributed by atoms with Crippen LogP contribution in [0.3, 0.4) is 0 Å². The van der Waals surface area contributed by atoms with Gasteiger partial charge in [-0.1, -0.05) is 24.3 Å². The fourth-order valence-electron chi connectivity index (χ4n) is 4.18. The van der Waals surface area contributed by atoms with Crippen LogP contribution in [-0.2, 0) is 19.5 Å². The van der Waals surface area contributed by atoms with Gasteiger partial charge in [-0.2, -0.15) is 0 Å². The Hall–Kier alpha value is -3.32. The lowest BCUT2D eigenvalue weighted by molar-refractivity contribution is 0.0694. The van der Waals surface area contributed by atoms with Crippen molar-refractivity contribution >= 4 is 5.97 Å². The fraction of sp³-hybridized carbons (Fsp3) is 0.370. The zero-order chi connectivity index (χ0) is 24.7. The average Bonchev–Trinajstić information content (AvgIpc) is 3.04. The largest absolute Gasteiger partial charge is 0.490 e. The number of rotatable bonds is 12. The van der Waals surface area contributed by atoms with Crippen LogP contribution in [0.25, 0.3) is 0 Å². The van der Waals surface area contributed by atoms with E-state index in [-0.39, 0.29) is 17.9 Å². The Morgan fingerprint density at radius 3 is 2.41 bits per heavy atom. The fourth-order valence-corrected chi connectivity index (χ4v) is 4.18. The van der Waals surface area contributed by atoms with E-state index in [2.05, 4.69) is 5.32 Å². The van der Waals surface area contributed by atoms with Crippen molar-refractivity contribution in [1.82, 2.24) is 9.88 Å². The number of carboxylic acids is 1. The molecule has 7 heteroatoms. The Labute approximate surface area is 200 Å². The maximum absolute atomic E-state index is 14.2. The Balaban J connectivity index is 1.72. The lowest BCUT2D eigenvalue weighted by Crippen LogP contribution is -2.19. The number of nitrogens with zero attached hydrogens (tertiary/aromatic N) is 1. The molecule has 3 rings (SSSR count). The van der Waals surface area contributed by atoms with Crippen molar-refractivity contribution < 1.29 is 23.8 Å². The minimum atomic E-state index is -0.974. The van der Waals surface area contributed by atoms with Gasteiger partial charge in [-0.15, -0.1) is 0 Å². The highest BCUT2D eigenvalue weighted by atomic mass is 19.1. The predicted molar refractivity (Wildman–Crippen MR) is 131 cm³/mol. The summed E-state index contributed by atoms with van der Waals surface area (Å²) >= 11 is 0. The molecule has 0 aliphatic rings. The molecule has 0 radical (unpaired) electrons. The number of hydrogen-bond acceptors (Lipinski definition) is 4. The van der Waals surface area contributed by atoms with E-state index in [0.29, 0.717) is 37.6 Å². The summed E-state index contributed by atoms with van der Waals surface area (Å²) in [5.41, 5.74) is 4.08. The molecule has 0 atom stereocenters. The molecular formula is C27H33FN2O4. The van der Waals surface area contributed by atoms with Crippen molar-refractivity contribution in [1.29, 1.82) is 0 Å². The molecule has 6 nitrogen and oxygen atoms in total. The van der Waals surface area contributed by atoms with Crippen LogP contribution in [0.4, 0.5) is 4.39 Å². The molecule has 0 aliphatic heterocycles. The van der Waals surface area contributed by atoms with E-state index >= 15 is 0 Å². The molecule has 2 N–H and O–H groups in total. The standard InChI is InChI=1S/C27H33FN2O4/c1-5-33-24-12-11-20(15-25(24)34-6-2)13-14-29-16-22-18(3)30(19(4)26(22)27(31)32)17-21-9-7-8-10-23(21)28/h7-12,15,29H,5-6,13-14,16-17H2,1-4H3,(H,31,32). The second-order valence-electron chi connectivity index (χ2n) is 8.08. The Bertz CT molecular complexity index is 1140. The summed E-state index contributed by atoms with van der Waals surface area (Å²) in [7, 11) is 0. The monoisotopic (exact) mass is 468 g/mol. The van der Waals surface area contributed by atoms with E-state index < -0.39 is 5.97 Å². The van der Waals surface area contributed by atoms with Crippen LogP contribution < -0.4 is 14.8 Å². The van der Waals surface area contributed by atoms with E-state index in [0.717, 1.165) is 34.7 Å². The first kappa shape index (κ1) is 25.3. The second-order valence-corrected chi connectivity index (χ2v) is 8.08. The van der Waals surface area contributed by atoms with E-state index in [9.17, 15) is 14.3 Å². The number of halogens is 1. The van der Waals surface area contributed by atoms with Crippen LogP contribution >= 0.6 is 0 Å². The highest BCUT2D eigenvalue weighted by Gasteiger charge is 2.22. The number of aromatic carboxylic acids is 1. The lowest BCUT2D eigenvalue weighted by Gasteiger charge is -2.13. The minimum absolute atomic E-state index is 0.279. The quantitative estimate of drug-likeness (QED) is 0.361. The molecule has 1 aromatic heterocycles. The molecule has 0 saturated carbocycles. The lowest BCUT2D eigenvalue weighted by atomic mass is 10.1. The third kappa shape index (κ3) is 5.78. The summed E-state index contributed by atoms with van der Waals surface area (Å²) in [6.07, 6.45) is 0.753.